The molecule has 88 valence electrons. The summed E-state index contributed by atoms with van der Waals surface area (Å²) in [5.74, 6) is 0.368. The highest BCUT2D eigenvalue weighted by atomic mass is 16.5. The summed E-state index contributed by atoms with van der Waals surface area (Å²) in [5, 5.41) is 0. The summed E-state index contributed by atoms with van der Waals surface area (Å²) in [6, 6.07) is 5.14. The molecule has 0 aliphatic heterocycles. The fourth-order valence-electron chi connectivity index (χ4n) is 1.55. The van der Waals surface area contributed by atoms with Crippen LogP contribution in [-0.4, -0.2) is 26.2 Å². The van der Waals surface area contributed by atoms with Crippen molar-refractivity contribution < 1.29 is 14.3 Å². The van der Waals surface area contributed by atoms with Gasteiger partial charge in [-0.2, -0.15) is 0 Å². The first-order valence-corrected chi connectivity index (χ1v) is 5.04. The van der Waals surface area contributed by atoms with E-state index in [-0.39, 0.29) is 0 Å². The number of methoxy groups -OCH3 is 2. The Balaban J connectivity index is 2.80. The summed E-state index contributed by atoms with van der Waals surface area (Å²) in [6.07, 6.45) is 0.449. The highest BCUT2D eigenvalue weighted by Crippen LogP contribution is 2.17. The lowest BCUT2D eigenvalue weighted by atomic mass is 10.0. The lowest BCUT2D eigenvalue weighted by molar-refractivity contribution is -0.142. The highest BCUT2D eigenvalue weighted by molar-refractivity contribution is 5.75. The second-order valence-corrected chi connectivity index (χ2v) is 3.69. The summed E-state index contributed by atoms with van der Waals surface area (Å²) in [4.78, 5) is 11.2. The van der Waals surface area contributed by atoms with Gasteiger partial charge in [-0.3, -0.25) is 4.79 Å². The van der Waals surface area contributed by atoms with Crippen molar-refractivity contribution in [2.24, 2.45) is 5.73 Å². The van der Waals surface area contributed by atoms with E-state index in [2.05, 4.69) is 4.74 Å². The van der Waals surface area contributed by atoms with Crippen LogP contribution in [0.4, 0.5) is 0 Å². The van der Waals surface area contributed by atoms with Gasteiger partial charge in [-0.1, -0.05) is 6.07 Å². The fourth-order valence-corrected chi connectivity index (χ4v) is 1.55. The molecule has 0 aromatic heterocycles. The molecule has 1 aromatic rings. The number of nitrogens with two attached hydrogens (primary N) is 1. The van der Waals surface area contributed by atoms with Crippen LogP contribution in [0.1, 0.15) is 11.1 Å². The fraction of sp³-hybridized carbons (Fsp3) is 0.417. The molecule has 4 nitrogen and oxygen atoms in total. The Bertz CT molecular complexity index is 377. The third-order valence-electron chi connectivity index (χ3n) is 2.31. The van der Waals surface area contributed by atoms with Gasteiger partial charge in [0.15, 0.2) is 0 Å². The van der Waals surface area contributed by atoms with Crippen LogP contribution in [0, 0.1) is 6.92 Å². The first kappa shape index (κ1) is 12.5. The molecule has 0 spiro atoms. The molecule has 4 heteroatoms. The van der Waals surface area contributed by atoms with Gasteiger partial charge < -0.3 is 15.2 Å². The number of carbonyl (C=O) groups excluding carboxylic acids is 1. The van der Waals surface area contributed by atoms with Crippen molar-refractivity contribution in [3.63, 3.8) is 0 Å². The molecule has 0 radical (unpaired) electrons. The van der Waals surface area contributed by atoms with Gasteiger partial charge >= 0.3 is 5.97 Å². The van der Waals surface area contributed by atoms with Crippen molar-refractivity contribution in [3.05, 3.63) is 29.3 Å². The van der Waals surface area contributed by atoms with Gasteiger partial charge in [-0.15, -0.1) is 0 Å². The number of benzene rings is 1. The number of rotatable bonds is 4. The minimum atomic E-state index is -0.628. The third-order valence-corrected chi connectivity index (χ3v) is 2.31. The van der Waals surface area contributed by atoms with E-state index < -0.39 is 12.0 Å². The molecule has 0 saturated carbocycles. The maximum Gasteiger partial charge on any atom is 0.322 e. The SMILES string of the molecule is COC(=O)C(N)Cc1cc(C)cc(OC)c1. The second kappa shape index (κ2) is 5.51. The minimum Gasteiger partial charge on any atom is -0.497 e. The molecule has 0 heterocycles. The smallest absolute Gasteiger partial charge is 0.322 e. The predicted octanol–water partition coefficient (Wildman–Crippen LogP) is 1.05. The van der Waals surface area contributed by atoms with Crippen molar-refractivity contribution in [2.45, 2.75) is 19.4 Å². The summed E-state index contributed by atoms with van der Waals surface area (Å²) >= 11 is 0. The van der Waals surface area contributed by atoms with Crippen LogP contribution in [0.15, 0.2) is 18.2 Å². The van der Waals surface area contributed by atoms with Gasteiger partial charge in [0.1, 0.15) is 11.8 Å². The Hall–Kier alpha value is -1.55. The van der Waals surface area contributed by atoms with Crippen molar-refractivity contribution in [3.8, 4) is 5.75 Å². The molecule has 0 aliphatic carbocycles. The van der Waals surface area contributed by atoms with Crippen molar-refractivity contribution in [1.29, 1.82) is 0 Å². The Morgan fingerprint density at radius 1 is 1.38 bits per heavy atom. The topological polar surface area (TPSA) is 61.5 Å². The van der Waals surface area contributed by atoms with Gasteiger partial charge in [0.05, 0.1) is 14.2 Å². The molecule has 0 aliphatic rings. The minimum absolute atomic E-state index is 0.402. The standard InChI is InChI=1S/C12H17NO3/c1-8-4-9(6-10(5-8)15-2)7-11(13)12(14)16-3/h4-6,11H,7,13H2,1-3H3. The molecule has 0 amide bonds. The van der Waals surface area contributed by atoms with E-state index in [0.717, 1.165) is 16.9 Å². The zero-order valence-corrected chi connectivity index (χ0v) is 9.82. The number of carbonyl (C=O) groups is 1. The summed E-state index contributed by atoms with van der Waals surface area (Å²) in [7, 11) is 2.94. The van der Waals surface area contributed by atoms with Crippen LogP contribution in [0.25, 0.3) is 0 Å². The highest BCUT2D eigenvalue weighted by Gasteiger charge is 2.14. The lowest BCUT2D eigenvalue weighted by Gasteiger charge is -2.11. The second-order valence-electron chi connectivity index (χ2n) is 3.69. The molecule has 0 fully saturated rings. The zero-order chi connectivity index (χ0) is 12.1. The Morgan fingerprint density at radius 3 is 2.62 bits per heavy atom. The third kappa shape index (κ3) is 3.24. The Morgan fingerprint density at radius 2 is 2.06 bits per heavy atom. The monoisotopic (exact) mass is 223 g/mol. The first-order valence-electron chi connectivity index (χ1n) is 5.04. The normalized spacial score (nSPS) is 12.0. The molecule has 1 atom stereocenters. The average Bonchev–Trinajstić information content (AvgIpc) is 2.26. The van der Waals surface area contributed by atoms with Gasteiger partial charge in [0.2, 0.25) is 0 Å². The van der Waals surface area contributed by atoms with E-state index in [9.17, 15) is 4.79 Å². The maximum absolute atomic E-state index is 11.2. The van der Waals surface area contributed by atoms with Gasteiger partial charge in [0, 0.05) is 0 Å². The largest absolute Gasteiger partial charge is 0.497 e. The van der Waals surface area contributed by atoms with Crippen LogP contribution in [0.3, 0.4) is 0 Å². The van der Waals surface area contributed by atoms with Crippen molar-refractivity contribution >= 4 is 5.97 Å². The number of hydrogen-bond donors (Lipinski definition) is 1. The lowest BCUT2D eigenvalue weighted by Crippen LogP contribution is -2.33. The molecular weight excluding hydrogens is 206 g/mol. The Kier molecular flexibility index (Phi) is 4.31. The molecule has 16 heavy (non-hydrogen) atoms. The summed E-state index contributed by atoms with van der Waals surface area (Å²) < 4.78 is 9.72. The predicted molar refractivity (Wildman–Crippen MR) is 61.4 cm³/mol. The quantitative estimate of drug-likeness (QED) is 0.775. The molecule has 1 rings (SSSR count). The number of hydrogen-bond acceptors (Lipinski definition) is 4. The Labute approximate surface area is 95.3 Å². The van der Waals surface area contributed by atoms with Crippen molar-refractivity contribution in [1.82, 2.24) is 0 Å². The summed E-state index contributed by atoms with van der Waals surface area (Å²) in [5.41, 5.74) is 7.73. The molecular formula is C12H17NO3. The first-order chi connectivity index (χ1) is 7.56. The molecule has 0 saturated heterocycles. The number of esters is 1. The van der Waals surface area contributed by atoms with Crippen LogP contribution in [0.5, 0.6) is 5.75 Å². The van der Waals surface area contributed by atoms with E-state index >= 15 is 0 Å². The van der Waals surface area contributed by atoms with E-state index in [0.29, 0.717) is 6.42 Å². The van der Waals surface area contributed by atoms with E-state index in [4.69, 9.17) is 10.5 Å². The van der Waals surface area contributed by atoms with Gasteiger partial charge in [0.25, 0.3) is 0 Å². The van der Waals surface area contributed by atoms with Crippen LogP contribution in [0.2, 0.25) is 0 Å². The molecule has 1 unspecified atom stereocenters. The summed E-state index contributed by atoms with van der Waals surface area (Å²) in [6.45, 7) is 1.97. The van der Waals surface area contributed by atoms with Gasteiger partial charge in [-0.05, 0) is 36.6 Å². The van der Waals surface area contributed by atoms with Crippen LogP contribution in [-0.2, 0) is 16.0 Å². The van der Waals surface area contributed by atoms with Gasteiger partial charge in [-0.25, -0.2) is 0 Å². The van der Waals surface area contributed by atoms with E-state index in [1.807, 2.05) is 25.1 Å². The average molecular weight is 223 g/mol. The zero-order valence-electron chi connectivity index (χ0n) is 9.82. The maximum atomic E-state index is 11.2. The van der Waals surface area contributed by atoms with Crippen LogP contribution >= 0.6 is 0 Å². The van der Waals surface area contributed by atoms with Crippen LogP contribution < -0.4 is 10.5 Å². The molecule has 2 N–H and O–H groups in total. The number of aryl methyl sites for hydroxylation is 1. The van der Waals surface area contributed by atoms with Crippen molar-refractivity contribution in [2.75, 3.05) is 14.2 Å². The van der Waals surface area contributed by atoms with E-state index in [1.165, 1.54) is 7.11 Å². The molecule has 1 aromatic carbocycles. The van der Waals surface area contributed by atoms with E-state index in [1.54, 1.807) is 7.11 Å². The molecule has 0 bridgehead atoms. The number of ether oxygens (including phenoxy) is 2.